The van der Waals surface area contributed by atoms with Crippen LogP contribution in [0.5, 0.6) is 5.75 Å². The first-order chi connectivity index (χ1) is 8.61. The van der Waals surface area contributed by atoms with Gasteiger partial charge in [0.15, 0.2) is 11.6 Å². The Hall–Kier alpha value is -2.64. The Kier molecular flexibility index (Phi) is 3.09. The third-order valence-corrected chi connectivity index (χ3v) is 2.21. The zero-order valence-electron chi connectivity index (χ0n) is 9.69. The van der Waals surface area contributed by atoms with Crippen molar-refractivity contribution in [1.29, 1.82) is 0 Å². The quantitative estimate of drug-likeness (QED) is 0.591. The Labute approximate surface area is 102 Å². The number of hydrogen-bond donors (Lipinski definition) is 0. The third-order valence-electron chi connectivity index (χ3n) is 2.21. The Morgan fingerprint density at radius 1 is 1.22 bits per heavy atom. The van der Waals surface area contributed by atoms with Gasteiger partial charge in [0.05, 0.1) is 12.0 Å². The van der Waals surface area contributed by atoms with Gasteiger partial charge in [0.1, 0.15) is 0 Å². The number of benzene rings is 1. The molecule has 0 atom stereocenters. The lowest BCUT2D eigenvalue weighted by atomic mass is 10.2. The molecule has 0 aliphatic heterocycles. The van der Waals surface area contributed by atoms with E-state index >= 15 is 0 Å². The molecule has 18 heavy (non-hydrogen) atoms. The summed E-state index contributed by atoms with van der Waals surface area (Å²) in [5.74, 6) is 0.878. The average Bonchev–Trinajstić information content (AvgIpc) is 2.38. The molecule has 2 rings (SSSR count). The van der Waals surface area contributed by atoms with Gasteiger partial charge in [-0.25, -0.2) is 0 Å². The summed E-state index contributed by atoms with van der Waals surface area (Å²) in [4.78, 5) is 10.2. The first-order valence-corrected chi connectivity index (χ1v) is 4.98. The van der Waals surface area contributed by atoms with Gasteiger partial charge in [-0.15, -0.1) is 20.4 Å². The number of rotatable bonds is 3. The Bertz CT molecular complexity index is 585. The van der Waals surface area contributed by atoms with Gasteiger partial charge in [0.25, 0.3) is 0 Å². The van der Waals surface area contributed by atoms with Crippen molar-refractivity contribution in [1.82, 2.24) is 20.4 Å². The largest absolute Gasteiger partial charge is 0.490 e. The highest BCUT2D eigenvalue weighted by Gasteiger charge is 2.16. The summed E-state index contributed by atoms with van der Waals surface area (Å²) in [7, 11) is 1.36. The average molecular weight is 247 g/mol. The molecule has 0 bridgehead atoms. The van der Waals surface area contributed by atoms with Crippen molar-refractivity contribution in [3.8, 4) is 17.1 Å². The number of ether oxygens (including phenoxy) is 1. The predicted octanol–water partition coefficient (Wildman–Crippen LogP) is 1.16. The number of nitro benzene ring substituents is 1. The van der Waals surface area contributed by atoms with Crippen molar-refractivity contribution in [2.24, 2.45) is 0 Å². The number of methoxy groups -OCH3 is 1. The van der Waals surface area contributed by atoms with E-state index in [1.807, 2.05) is 0 Å². The summed E-state index contributed by atoms with van der Waals surface area (Å²) >= 11 is 0. The molecule has 0 aliphatic rings. The van der Waals surface area contributed by atoms with Crippen molar-refractivity contribution in [2.75, 3.05) is 7.11 Å². The minimum absolute atomic E-state index is 0.116. The molecule has 0 N–H and O–H groups in total. The van der Waals surface area contributed by atoms with Gasteiger partial charge in [0, 0.05) is 11.6 Å². The number of aryl methyl sites for hydroxylation is 1. The zero-order valence-corrected chi connectivity index (χ0v) is 9.69. The van der Waals surface area contributed by atoms with Gasteiger partial charge in [-0.1, -0.05) is 0 Å². The topological polar surface area (TPSA) is 104 Å². The van der Waals surface area contributed by atoms with Crippen LogP contribution >= 0.6 is 0 Å². The second-order valence-electron chi connectivity index (χ2n) is 3.41. The maximum atomic E-state index is 10.7. The molecular formula is C10H9N5O3. The van der Waals surface area contributed by atoms with Crippen molar-refractivity contribution < 1.29 is 9.66 Å². The van der Waals surface area contributed by atoms with Gasteiger partial charge in [-0.3, -0.25) is 10.1 Å². The predicted molar refractivity (Wildman–Crippen MR) is 61.0 cm³/mol. The highest BCUT2D eigenvalue weighted by atomic mass is 16.6. The number of aromatic nitrogens is 4. The first kappa shape index (κ1) is 11.8. The lowest BCUT2D eigenvalue weighted by Gasteiger charge is -2.03. The zero-order chi connectivity index (χ0) is 13.1. The minimum Gasteiger partial charge on any atom is -0.490 e. The lowest BCUT2D eigenvalue weighted by Crippen LogP contribution is -1.99. The van der Waals surface area contributed by atoms with Gasteiger partial charge in [-0.2, -0.15) is 0 Å². The fourth-order valence-electron chi connectivity index (χ4n) is 1.36. The van der Waals surface area contributed by atoms with Crippen LogP contribution in [0.15, 0.2) is 18.2 Å². The lowest BCUT2D eigenvalue weighted by molar-refractivity contribution is -0.385. The molecule has 0 saturated carbocycles. The molecule has 8 heteroatoms. The minimum atomic E-state index is -0.519. The van der Waals surface area contributed by atoms with Crippen LogP contribution in [0.2, 0.25) is 0 Å². The van der Waals surface area contributed by atoms with Gasteiger partial charge in [0.2, 0.25) is 5.82 Å². The molecule has 0 spiro atoms. The molecule has 1 aromatic heterocycles. The normalized spacial score (nSPS) is 10.1. The maximum Gasteiger partial charge on any atom is 0.310 e. The standard InChI is InChI=1S/C10H9N5O3/c1-6-11-13-10(14-12-6)7-3-4-8(15(16)17)9(5-7)18-2/h3-5H,1-2H3. The van der Waals surface area contributed by atoms with Crippen LogP contribution in [0.25, 0.3) is 11.4 Å². The molecule has 0 radical (unpaired) electrons. The monoisotopic (exact) mass is 247 g/mol. The van der Waals surface area contributed by atoms with Crippen LogP contribution in [0, 0.1) is 17.0 Å². The second kappa shape index (κ2) is 4.70. The van der Waals surface area contributed by atoms with E-state index in [0.29, 0.717) is 11.4 Å². The smallest absolute Gasteiger partial charge is 0.310 e. The summed E-state index contributed by atoms with van der Waals surface area (Å²) in [6.07, 6.45) is 0. The van der Waals surface area contributed by atoms with Crippen LogP contribution in [-0.2, 0) is 0 Å². The second-order valence-corrected chi connectivity index (χ2v) is 3.41. The number of nitrogens with zero attached hydrogens (tertiary/aromatic N) is 5. The van der Waals surface area contributed by atoms with E-state index in [2.05, 4.69) is 20.4 Å². The highest BCUT2D eigenvalue weighted by Crippen LogP contribution is 2.30. The Balaban J connectivity index is 2.47. The molecule has 0 fully saturated rings. The third kappa shape index (κ3) is 2.21. The molecule has 0 unspecified atom stereocenters. The van der Waals surface area contributed by atoms with Crippen molar-refractivity contribution in [2.45, 2.75) is 6.92 Å². The van der Waals surface area contributed by atoms with E-state index in [0.717, 1.165) is 0 Å². The van der Waals surface area contributed by atoms with E-state index in [4.69, 9.17) is 4.74 Å². The van der Waals surface area contributed by atoms with E-state index in [9.17, 15) is 10.1 Å². The van der Waals surface area contributed by atoms with Crippen LogP contribution < -0.4 is 4.74 Å². The summed E-state index contributed by atoms with van der Waals surface area (Å²) in [5, 5.41) is 26.0. The number of nitro groups is 1. The van der Waals surface area contributed by atoms with Gasteiger partial charge < -0.3 is 4.74 Å². The summed E-state index contributed by atoms with van der Waals surface area (Å²) in [5.41, 5.74) is 0.437. The highest BCUT2D eigenvalue weighted by molar-refractivity contribution is 5.62. The SMILES string of the molecule is COc1cc(-c2nnc(C)nn2)ccc1[N+](=O)[O-]. The fourth-order valence-corrected chi connectivity index (χ4v) is 1.36. The van der Waals surface area contributed by atoms with Crippen LogP contribution in [0.4, 0.5) is 5.69 Å². The van der Waals surface area contributed by atoms with E-state index in [1.54, 1.807) is 6.92 Å². The Morgan fingerprint density at radius 3 is 2.44 bits per heavy atom. The summed E-state index contributed by atoms with van der Waals surface area (Å²) in [6.45, 7) is 1.67. The molecule has 1 heterocycles. The molecule has 1 aromatic carbocycles. The fraction of sp³-hybridized carbons (Fsp3) is 0.200. The maximum absolute atomic E-state index is 10.7. The summed E-state index contributed by atoms with van der Waals surface area (Å²) < 4.78 is 4.95. The van der Waals surface area contributed by atoms with Gasteiger partial charge >= 0.3 is 5.69 Å². The summed E-state index contributed by atoms with van der Waals surface area (Å²) in [6, 6.07) is 4.33. The van der Waals surface area contributed by atoms with E-state index in [1.165, 1.54) is 25.3 Å². The van der Waals surface area contributed by atoms with E-state index in [-0.39, 0.29) is 17.3 Å². The van der Waals surface area contributed by atoms with Crippen LogP contribution in [0.1, 0.15) is 5.82 Å². The van der Waals surface area contributed by atoms with E-state index < -0.39 is 4.92 Å². The van der Waals surface area contributed by atoms with Crippen LogP contribution in [0.3, 0.4) is 0 Å². The molecule has 92 valence electrons. The van der Waals surface area contributed by atoms with Crippen LogP contribution in [-0.4, -0.2) is 32.4 Å². The van der Waals surface area contributed by atoms with Gasteiger partial charge in [-0.05, 0) is 19.1 Å². The van der Waals surface area contributed by atoms with Crippen molar-refractivity contribution >= 4 is 5.69 Å². The molecule has 2 aromatic rings. The molecule has 0 aliphatic carbocycles. The Morgan fingerprint density at radius 2 is 1.89 bits per heavy atom. The first-order valence-electron chi connectivity index (χ1n) is 4.98. The van der Waals surface area contributed by atoms with Crippen molar-refractivity contribution in [3.63, 3.8) is 0 Å². The molecule has 0 saturated heterocycles. The van der Waals surface area contributed by atoms with Crippen molar-refractivity contribution in [3.05, 3.63) is 34.1 Å². The molecule has 8 nitrogen and oxygen atoms in total. The number of hydrogen-bond acceptors (Lipinski definition) is 7. The molecule has 0 amide bonds. The molecular weight excluding hydrogens is 238 g/mol.